The third-order valence-corrected chi connectivity index (χ3v) is 3.55. The summed E-state index contributed by atoms with van der Waals surface area (Å²) in [5.74, 6) is -0.464. The highest BCUT2D eigenvalue weighted by molar-refractivity contribution is 5.83. The molecule has 1 aromatic carbocycles. The average molecular weight is 318 g/mol. The van der Waals surface area contributed by atoms with Gasteiger partial charge in [0.1, 0.15) is 11.9 Å². The summed E-state index contributed by atoms with van der Waals surface area (Å²) in [5.41, 5.74) is 1.77. The lowest BCUT2D eigenvalue weighted by Crippen LogP contribution is -2.37. The second-order valence-corrected chi connectivity index (χ2v) is 5.85. The van der Waals surface area contributed by atoms with Gasteiger partial charge < -0.3 is 5.32 Å². The molecule has 1 amide bonds. The SMILES string of the molecule is Cc1cnn(CCCNC(=O)C(c2cccc(F)c2)N(C)C)c1. The Morgan fingerprint density at radius 1 is 1.43 bits per heavy atom. The Morgan fingerprint density at radius 3 is 2.83 bits per heavy atom. The molecule has 0 radical (unpaired) electrons. The van der Waals surface area contributed by atoms with Crippen LogP contribution in [0, 0.1) is 12.7 Å². The minimum absolute atomic E-state index is 0.128. The molecule has 0 aliphatic rings. The van der Waals surface area contributed by atoms with E-state index in [4.69, 9.17) is 0 Å². The van der Waals surface area contributed by atoms with Gasteiger partial charge in [-0.2, -0.15) is 5.10 Å². The Morgan fingerprint density at radius 2 is 2.22 bits per heavy atom. The lowest BCUT2D eigenvalue weighted by molar-refractivity contribution is -0.125. The highest BCUT2D eigenvalue weighted by Crippen LogP contribution is 2.19. The van der Waals surface area contributed by atoms with Gasteiger partial charge in [-0.25, -0.2) is 4.39 Å². The normalized spacial score (nSPS) is 12.4. The summed E-state index contributed by atoms with van der Waals surface area (Å²) >= 11 is 0. The van der Waals surface area contributed by atoms with Crippen molar-refractivity contribution >= 4 is 5.91 Å². The fourth-order valence-corrected chi connectivity index (χ4v) is 2.50. The topological polar surface area (TPSA) is 50.2 Å². The van der Waals surface area contributed by atoms with Crippen molar-refractivity contribution in [2.45, 2.75) is 25.9 Å². The Bertz CT molecular complexity index is 654. The molecule has 124 valence electrons. The molecule has 0 aliphatic heterocycles. The molecule has 1 atom stereocenters. The summed E-state index contributed by atoms with van der Waals surface area (Å²) < 4.78 is 15.2. The number of hydrogen-bond acceptors (Lipinski definition) is 3. The van der Waals surface area contributed by atoms with Crippen molar-refractivity contribution in [1.82, 2.24) is 20.0 Å². The Kier molecular flexibility index (Phi) is 5.87. The van der Waals surface area contributed by atoms with Crippen LogP contribution in [0.25, 0.3) is 0 Å². The van der Waals surface area contributed by atoms with Gasteiger partial charge in [-0.1, -0.05) is 12.1 Å². The molecule has 0 aliphatic carbocycles. The van der Waals surface area contributed by atoms with E-state index in [2.05, 4.69) is 10.4 Å². The van der Waals surface area contributed by atoms with Crippen LogP contribution < -0.4 is 5.32 Å². The monoisotopic (exact) mass is 318 g/mol. The summed E-state index contributed by atoms with van der Waals surface area (Å²) in [5, 5.41) is 7.12. The van der Waals surface area contributed by atoms with Crippen LogP contribution in [-0.4, -0.2) is 41.2 Å². The highest BCUT2D eigenvalue weighted by Gasteiger charge is 2.22. The highest BCUT2D eigenvalue weighted by atomic mass is 19.1. The van der Waals surface area contributed by atoms with Gasteiger partial charge in [-0.3, -0.25) is 14.4 Å². The van der Waals surface area contributed by atoms with Crippen molar-refractivity contribution in [3.05, 3.63) is 53.6 Å². The number of hydrogen-bond donors (Lipinski definition) is 1. The number of amides is 1. The first-order valence-corrected chi connectivity index (χ1v) is 7.66. The van der Waals surface area contributed by atoms with Crippen LogP contribution in [0.3, 0.4) is 0 Å². The van der Waals surface area contributed by atoms with E-state index in [1.54, 1.807) is 17.0 Å². The molecule has 2 aromatic rings. The molecule has 1 N–H and O–H groups in total. The fraction of sp³-hybridized carbons (Fsp3) is 0.412. The van der Waals surface area contributed by atoms with Crippen molar-refractivity contribution in [3.63, 3.8) is 0 Å². The van der Waals surface area contributed by atoms with Crippen molar-refractivity contribution < 1.29 is 9.18 Å². The number of likely N-dealkylation sites (N-methyl/N-ethyl adjacent to an activating group) is 1. The van der Waals surface area contributed by atoms with Gasteiger partial charge in [-0.05, 0) is 50.7 Å². The van der Waals surface area contributed by atoms with Crippen LogP contribution in [0.2, 0.25) is 0 Å². The summed E-state index contributed by atoms with van der Waals surface area (Å²) in [7, 11) is 3.61. The second-order valence-electron chi connectivity index (χ2n) is 5.85. The number of aromatic nitrogens is 2. The summed E-state index contributed by atoms with van der Waals surface area (Å²) in [6.45, 7) is 3.30. The van der Waals surface area contributed by atoms with Gasteiger partial charge in [-0.15, -0.1) is 0 Å². The van der Waals surface area contributed by atoms with Crippen molar-refractivity contribution in [1.29, 1.82) is 0 Å². The van der Waals surface area contributed by atoms with Gasteiger partial charge in [0.2, 0.25) is 5.91 Å². The first-order valence-electron chi connectivity index (χ1n) is 7.66. The number of aryl methyl sites for hydroxylation is 2. The number of carbonyl (C=O) groups is 1. The Hall–Kier alpha value is -2.21. The maximum absolute atomic E-state index is 13.4. The molecule has 1 aromatic heterocycles. The van der Waals surface area contributed by atoms with Crippen LogP contribution in [0.5, 0.6) is 0 Å². The van der Waals surface area contributed by atoms with Crippen LogP contribution >= 0.6 is 0 Å². The van der Waals surface area contributed by atoms with Gasteiger partial charge >= 0.3 is 0 Å². The first-order chi connectivity index (χ1) is 11.0. The number of halogens is 1. The van der Waals surface area contributed by atoms with Crippen molar-refractivity contribution in [3.8, 4) is 0 Å². The maximum Gasteiger partial charge on any atom is 0.241 e. The molecule has 1 heterocycles. The third kappa shape index (κ3) is 4.89. The average Bonchev–Trinajstić information content (AvgIpc) is 2.89. The minimum Gasteiger partial charge on any atom is -0.354 e. The van der Waals surface area contributed by atoms with E-state index in [0.717, 1.165) is 18.5 Å². The molecule has 2 rings (SSSR count). The number of nitrogens with zero attached hydrogens (tertiary/aromatic N) is 3. The largest absolute Gasteiger partial charge is 0.354 e. The van der Waals surface area contributed by atoms with Crippen molar-refractivity contribution in [2.24, 2.45) is 0 Å². The second kappa shape index (κ2) is 7.87. The standard InChI is InChI=1S/C17H23FN4O/c1-13-11-20-22(12-13)9-5-8-19-17(23)16(21(2)3)14-6-4-7-15(18)10-14/h4,6-7,10-12,16H,5,8-9H2,1-3H3,(H,19,23). The van der Waals surface area contributed by atoms with Crippen LogP contribution in [0.4, 0.5) is 4.39 Å². The first kappa shape index (κ1) is 17.1. The Labute approximate surface area is 136 Å². The quantitative estimate of drug-likeness (QED) is 0.796. The fourth-order valence-electron chi connectivity index (χ4n) is 2.50. The summed E-state index contributed by atoms with van der Waals surface area (Å²) in [6, 6.07) is 5.66. The van der Waals surface area contributed by atoms with E-state index in [9.17, 15) is 9.18 Å². The zero-order chi connectivity index (χ0) is 16.8. The molecule has 6 heteroatoms. The molecular weight excluding hydrogens is 295 g/mol. The van der Waals surface area contributed by atoms with E-state index in [-0.39, 0.29) is 11.7 Å². The predicted octanol–water partition coefficient (Wildman–Crippen LogP) is 2.14. The molecule has 5 nitrogen and oxygen atoms in total. The van der Waals surface area contributed by atoms with E-state index >= 15 is 0 Å². The van der Waals surface area contributed by atoms with Gasteiger partial charge in [0.25, 0.3) is 0 Å². The Balaban J connectivity index is 1.88. The minimum atomic E-state index is -0.502. The predicted molar refractivity (Wildman–Crippen MR) is 87.4 cm³/mol. The molecule has 23 heavy (non-hydrogen) atoms. The number of carbonyl (C=O) groups excluding carboxylic acids is 1. The zero-order valence-corrected chi connectivity index (χ0v) is 13.8. The van der Waals surface area contributed by atoms with Gasteiger partial charge in [0, 0.05) is 19.3 Å². The van der Waals surface area contributed by atoms with Gasteiger partial charge in [0.05, 0.1) is 6.20 Å². The summed E-state index contributed by atoms with van der Waals surface area (Å²) in [6.07, 6.45) is 4.57. The molecule has 0 saturated carbocycles. The lowest BCUT2D eigenvalue weighted by atomic mass is 10.1. The van der Waals surface area contributed by atoms with Crippen LogP contribution in [0.15, 0.2) is 36.7 Å². The van der Waals surface area contributed by atoms with E-state index in [1.807, 2.05) is 38.1 Å². The molecule has 0 spiro atoms. The van der Waals surface area contributed by atoms with E-state index in [0.29, 0.717) is 12.1 Å². The molecule has 1 unspecified atom stereocenters. The zero-order valence-electron chi connectivity index (χ0n) is 13.8. The number of nitrogens with one attached hydrogen (secondary N) is 1. The van der Waals surface area contributed by atoms with Crippen LogP contribution in [-0.2, 0) is 11.3 Å². The van der Waals surface area contributed by atoms with Crippen LogP contribution in [0.1, 0.15) is 23.6 Å². The molecular formula is C17H23FN4O. The molecule has 0 saturated heterocycles. The maximum atomic E-state index is 13.4. The summed E-state index contributed by atoms with van der Waals surface area (Å²) in [4.78, 5) is 14.2. The lowest BCUT2D eigenvalue weighted by Gasteiger charge is -2.24. The molecule has 0 fully saturated rings. The third-order valence-electron chi connectivity index (χ3n) is 3.55. The number of rotatable bonds is 7. The smallest absolute Gasteiger partial charge is 0.241 e. The number of benzene rings is 1. The van der Waals surface area contributed by atoms with E-state index < -0.39 is 6.04 Å². The van der Waals surface area contributed by atoms with E-state index in [1.165, 1.54) is 12.1 Å². The van der Waals surface area contributed by atoms with Crippen molar-refractivity contribution in [2.75, 3.05) is 20.6 Å². The van der Waals surface area contributed by atoms with Gasteiger partial charge in [0.15, 0.2) is 0 Å². The molecule has 0 bridgehead atoms.